The van der Waals surface area contributed by atoms with E-state index in [1.165, 1.54) is 6.07 Å². The Morgan fingerprint density at radius 2 is 1.97 bits per heavy atom. The molecular weight excluding hydrogens is 456 g/mol. The van der Waals surface area contributed by atoms with Gasteiger partial charge >= 0.3 is 5.97 Å². The molecule has 0 spiro atoms. The molecule has 4 saturated carbocycles. The van der Waals surface area contributed by atoms with Gasteiger partial charge in [-0.25, -0.2) is 23.7 Å². The van der Waals surface area contributed by atoms with E-state index >= 15 is 4.39 Å². The minimum Gasteiger partial charge on any atom is -0.481 e. The van der Waals surface area contributed by atoms with Gasteiger partial charge in [0.15, 0.2) is 23.1 Å². The number of nitrogens with zero attached hydrogens (tertiary/aromatic N) is 5. The van der Waals surface area contributed by atoms with E-state index in [0.29, 0.717) is 23.9 Å². The number of nitrogens with one attached hydrogen (secondary N) is 2. The SMILES string of the molecule is CN=CC1(c2nc(-c3[nH]nc4ncc(F)cc34)nc(NC3C4CCC(CC4)C3C(=O)O)c2F)CC1. The molecule has 9 nitrogen and oxygen atoms in total. The van der Waals surface area contributed by atoms with Crippen LogP contribution in [0.25, 0.3) is 22.6 Å². The molecule has 0 amide bonds. The number of H-pyrrole nitrogens is 1. The summed E-state index contributed by atoms with van der Waals surface area (Å²) in [5.41, 5.74) is 0.151. The zero-order valence-electron chi connectivity index (χ0n) is 19.1. The van der Waals surface area contributed by atoms with Gasteiger partial charge in [-0.05, 0) is 56.4 Å². The Balaban J connectivity index is 1.49. The maximum absolute atomic E-state index is 16.0. The number of halogens is 2. The van der Waals surface area contributed by atoms with Gasteiger partial charge in [0.2, 0.25) is 0 Å². The summed E-state index contributed by atoms with van der Waals surface area (Å²) in [5.74, 6) is -2.34. The molecule has 3 aromatic rings. The van der Waals surface area contributed by atoms with Gasteiger partial charge in [-0.3, -0.25) is 14.9 Å². The topological polar surface area (TPSA) is 129 Å². The minimum absolute atomic E-state index is 0.0447. The lowest BCUT2D eigenvalue weighted by atomic mass is 9.61. The molecule has 4 aliphatic carbocycles. The highest BCUT2D eigenvalue weighted by Crippen LogP contribution is 2.49. The number of carboxylic acid groups (broad SMARTS) is 1. The van der Waals surface area contributed by atoms with Crippen molar-refractivity contribution in [3.8, 4) is 11.5 Å². The fraction of sp³-hybridized carbons (Fsp3) is 0.500. The Hall–Kier alpha value is -3.50. The molecule has 2 unspecified atom stereocenters. The van der Waals surface area contributed by atoms with E-state index in [1.807, 2.05) is 0 Å². The van der Waals surface area contributed by atoms with Crippen molar-refractivity contribution < 1.29 is 18.7 Å². The summed E-state index contributed by atoms with van der Waals surface area (Å²) in [6.07, 6.45) is 7.68. The summed E-state index contributed by atoms with van der Waals surface area (Å²) in [5, 5.41) is 20.4. The summed E-state index contributed by atoms with van der Waals surface area (Å²) in [7, 11) is 1.63. The monoisotopic (exact) mass is 481 g/mol. The number of anilines is 1. The predicted octanol–water partition coefficient (Wildman–Crippen LogP) is 3.73. The van der Waals surface area contributed by atoms with Crippen LogP contribution in [0.3, 0.4) is 0 Å². The highest BCUT2D eigenvalue weighted by Gasteiger charge is 2.50. The van der Waals surface area contributed by atoms with Crippen LogP contribution in [0, 0.1) is 29.4 Å². The molecule has 7 rings (SSSR count). The number of pyridine rings is 1. The third kappa shape index (κ3) is 3.55. The van der Waals surface area contributed by atoms with Crippen LogP contribution in [-0.2, 0) is 10.2 Å². The zero-order chi connectivity index (χ0) is 24.3. The Morgan fingerprint density at radius 3 is 2.66 bits per heavy atom. The molecule has 2 bridgehead atoms. The molecule has 0 radical (unpaired) electrons. The van der Waals surface area contributed by atoms with Crippen LogP contribution in [-0.4, -0.2) is 55.5 Å². The second-order valence-electron chi connectivity index (χ2n) is 9.93. The van der Waals surface area contributed by atoms with Gasteiger partial charge in [-0.15, -0.1) is 0 Å². The van der Waals surface area contributed by atoms with Crippen LogP contribution < -0.4 is 5.32 Å². The van der Waals surface area contributed by atoms with E-state index < -0.39 is 35.0 Å². The second kappa shape index (κ2) is 8.03. The summed E-state index contributed by atoms with van der Waals surface area (Å²) < 4.78 is 29.9. The number of carbonyl (C=O) groups is 1. The molecule has 3 N–H and O–H groups in total. The normalized spacial score (nSPS) is 26.9. The van der Waals surface area contributed by atoms with E-state index in [-0.39, 0.29) is 34.8 Å². The minimum atomic E-state index is -0.871. The van der Waals surface area contributed by atoms with Gasteiger partial charge in [0.1, 0.15) is 11.5 Å². The number of aliphatic carboxylic acids is 1. The van der Waals surface area contributed by atoms with Crippen LogP contribution >= 0.6 is 0 Å². The molecule has 3 heterocycles. The Labute approximate surface area is 199 Å². The highest BCUT2D eigenvalue weighted by atomic mass is 19.1. The molecule has 3 aromatic heterocycles. The Kier molecular flexibility index (Phi) is 5.05. The van der Waals surface area contributed by atoms with Crippen LogP contribution in [0.15, 0.2) is 17.3 Å². The van der Waals surface area contributed by atoms with Crippen molar-refractivity contribution in [1.29, 1.82) is 0 Å². The standard InChI is InChI=1S/C24H25F2N7O2/c1-27-10-24(6-7-24)19-16(26)21(29-17-12-4-2-11(3-5-12)15(17)23(34)35)31-22(30-19)18-14-8-13(25)9-28-20(14)33-32-18/h8-12,15,17H,2-7H2,1H3,(H,34,35)(H,28,32,33)(H,29,30,31). The van der Waals surface area contributed by atoms with E-state index in [1.54, 1.807) is 13.3 Å². The predicted molar refractivity (Wildman–Crippen MR) is 124 cm³/mol. The highest BCUT2D eigenvalue weighted by molar-refractivity contribution is 5.89. The molecular formula is C24H25F2N7O2. The molecule has 0 saturated heterocycles. The number of aromatic nitrogens is 5. The Morgan fingerprint density at radius 1 is 1.23 bits per heavy atom. The summed E-state index contributed by atoms with van der Waals surface area (Å²) >= 11 is 0. The number of aromatic amines is 1. The van der Waals surface area contributed by atoms with Gasteiger partial charge in [0.05, 0.1) is 28.6 Å². The quantitative estimate of drug-likeness (QED) is 0.458. The lowest BCUT2D eigenvalue weighted by Gasteiger charge is -2.47. The first-order valence-corrected chi connectivity index (χ1v) is 11.9. The van der Waals surface area contributed by atoms with Crippen LogP contribution in [0.5, 0.6) is 0 Å². The lowest BCUT2D eigenvalue weighted by molar-refractivity contribution is -0.148. The van der Waals surface area contributed by atoms with E-state index in [4.69, 9.17) is 0 Å². The zero-order valence-corrected chi connectivity index (χ0v) is 19.1. The number of hydrogen-bond donors (Lipinski definition) is 3. The fourth-order valence-electron chi connectivity index (χ4n) is 6.01. The van der Waals surface area contributed by atoms with Crippen molar-refractivity contribution in [2.75, 3.05) is 12.4 Å². The molecule has 4 aliphatic rings. The first-order chi connectivity index (χ1) is 16.9. The number of carboxylic acids is 1. The van der Waals surface area contributed by atoms with Crippen molar-refractivity contribution >= 4 is 29.0 Å². The van der Waals surface area contributed by atoms with Crippen molar-refractivity contribution in [3.63, 3.8) is 0 Å². The van der Waals surface area contributed by atoms with E-state index in [2.05, 4.69) is 35.5 Å². The molecule has 0 aliphatic heterocycles. The molecule has 11 heteroatoms. The first kappa shape index (κ1) is 22.0. The van der Waals surface area contributed by atoms with Gasteiger partial charge in [0, 0.05) is 19.3 Å². The maximum atomic E-state index is 16.0. The van der Waals surface area contributed by atoms with Gasteiger partial charge in [-0.2, -0.15) is 5.10 Å². The molecule has 4 fully saturated rings. The molecule has 2 atom stereocenters. The van der Waals surface area contributed by atoms with Gasteiger partial charge < -0.3 is 10.4 Å². The third-order valence-electron chi connectivity index (χ3n) is 7.90. The third-order valence-corrected chi connectivity index (χ3v) is 7.90. The van der Waals surface area contributed by atoms with E-state index in [0.717, 1.165) is 31.9 Å². The largest absolute Gasteiger partial charge is 0.481 e. The van der Waals surface area contributed by atoms with Crippen molar-refractivity contribution in [3.05, 3.63) is 29.6 Å². The number of rotatable bonds is 6. The molecule has 0 aromatic carbocycles. The number of aliphatic imine (C=N–C) groups is 1. The smallest absolute Gasteiger partial charge is 0.308 e. The first-order valence-electron chi connectivity index (χ1n) is 11.9. The van der Waals surface area contributed by atoms with Crippen molar-refractivity contribution in [2.24, 2.45) is 22.7 Å². The molecule has 35 heavy (non-hydrogen) atoms. The summed E-state index contributed by atoms with van der Waals surface area (Å²) in [4.78, 5) is 29.3. The van der Waals surface area contributed by atoms with Gasteiger partial charge in [0.25, 0.3) is 0 Å². The van der Waals surface area contributed by atoms with Crippen LogP contribution in [0.1, 0.15) is 44.2 Å². The average molecular weight is 482 g/mol. The van der Waals surface area contributed by atoms with Crippen molar-refractivity contribution in [1.82, 2.24) is 25.1 Å². The van der Waals surface area contributed by atoms with Gasteiger partial charge in [-0.1, -0.05) is 0 Å². The molecule has 182 valence electrons. The van der Waals surface area contributed by atoms with Crippen LogP contribution in [0.4, 0.5) is 14.6 Å². The fourth-order valence-corrected chi connectivity index (χ4v) is 6.01. The maximum Gasteiger partial charge on any atom is 0.308 e. The summed E-state index contributed by atoms with van der Waals surface area (Å²) in [6.45, 7) is 0. The second-order valence-corrected chi connectivity index (χ2v) is 9.93. The lowest BCUT2D eigenvalue weighted by Crippen LogP contribution is -2.51. The van der Waals surface area contributed by atoms with Crippen molar-refractivity contribution in [2.45, 2.75) is 50.0 Å². The number of fused-ring (bicyclic) bond motifs is 4. The number of hydrogen-bond acceptors (Lipinski definition) is 7. The summed E-state index contributed by atoms with van der Waals surface area (Å²) in [6, 6.07) is 0.847. The van der Waals surface area contributed by atoms with E-state index in [9.17, 15) is 14.3 Å². The average Bonchev–Trinajstić information content (AvgIpc) is 3.51. The van der Waals surface area contributed by atoms with Crippen LogP contribution in [0.2, 0.25) is 0 Å². The Bertz CT molecular complexity index is 1350.